The number of likely N-dealkylation sites (N-methyl/N-ethyl adjacent to an activating group) is 1. The van der Waals surface area contributed by atoms with E-state index in [0.717, 1.165) is 33.4 Å². The summed E-state index contributed by atoms with van der Waals surface area (Å²) >= 11 is 3.36. The third-order valence-electron chi connectivity index (χ3n) is 3.96. The van der Waals surface area contributed by atoms with Gasteiger partial charge in [0.15, 0.2) is 0 Å². The number of thiophene rings is 1. The van der Waals surface area contributed by atoms with Crippen molar-refractivity contribution in [1.29, 1.82) is 0 Å². The Balaban J connectivity index is 1.76. The van der Waals surface area contributed by atoms with Crippen molar-refractivity contribution in [2.75, 3.05) is 37.3 Å². The molecular formula is C17H20N4O2S2. The number of nitrogens with zero attached hydrogens (tertiary/aromatic N) is 3. The first-order chi connectivity index (χ1) is 12.0. The Kier molecular flexibility index (Phi) is 5.50. The number of carbonyl (C=O) groups is 1. The normalized spacial score (nSPS) is 14.3. The smallest absolute Gasteiger partial charge is 0.407 e. The molecule has 3 N–H and O–H groups in total. The molecule has 132 valence electrons. The molecule has 1 aromatic heterocycles. The van der Waals surface area contributed by atoms with Gasteiger partial charge in [-0.15, -0.1) is 23.1 Å². The molecule has 0 spiro atoms. The van der Waals surface area contributed by atoms with Crippen LogP contribution in [0.3, 0.4) is 0 Å². The SMILES string of the molecule is CN(CCN1CCSc2cc(N=C(N)c3cccs3)ccc21)C(=O)O. The Labute approximate surface area is 155 Å². The van der Waals surface area contributed by atoms with Gasteiger partial charge in [0.25, 0.3) is 0 Å². The predicted octanol–water partition coefficient (Wildman–Crippen LogP) is 3.31. The number of rotatable bonds is 5. The number of hydrogen-bond acceptors (Lipinski definition) is 5. The van der Waals surface area contributed by atoms with Crippen molar-refractivity contribution in [3.8, 4) is 0 Å². The number of thioether (sulfide) groups is 1. The van der Waals surface area contributed by atoms with E-state index in [2.05, 4.69) is 9.89 Å². The highest BCUT2D eigenvalue weighted by Gasteiger charge is 2.18. The van der Waals surface area contributed by atoms with Crippen LogP contribution in [0.1, 0.15) is 4.88 Å². The minimum absolute atomic E-state index is 0.477. The molecule has 0 saturated heterocycles. The molecule has 0 atom stereocenters. The summed E-state index contributed by atoms with van der Waals surface area (Å²) in [5.41, 5.74) is 8.03. The highest BCUT2D eigenvalue weighted by Crippen LogP contribution is 2.37. The van der Waals surface area contributed by atoms with Crippen molar-refractivity contribution in [2.45, 2.75) is 4.90 Å². The molecule has 2 heterocycles. The van der Waals surface area contributed by atoms with E-state index in [-0.39, 0.29) is 0 Å². The lowest BCUT2D eigenvalue weighted by atomic mass is 10.2. The van der Waals surface area contributed by atoms with Crippen LogP contribution in [0.5, 0.6) is 0 Å². The summed E-state index contributed by atoms with van der Waals surface area (Å²) in [6, 6.07) is 9.96. The topological polar surface area (TPSA) is 82.2 Å². The van der Waals surface area contributed by atoms with E-state index >= 15 is 0 Å². The van der Waals surface area contributed by atoms with E-state index in [4.69, 9.17) is 10.8 Å². The first-order valence-electron chi connectivity index (χ1n) is 7.88. The van der Waals surface area contributed by atoms with E-state index in [1.807, 2.05) is 35.7 Å². The van der Waals surface area contributed by atoms with Crippen LogP contribution < -0.4 is 10.6 Å². The van der Waals surface area contributed by atoms with Crippen molar-refractivity contribution in [1.82, 2.24) is 4.90 Å². The third kappa shape index (κ3) is 4.26. The van der Waals surface area contributed by atoms with Crippen LogP contribution in [0, 0.1) is 0 Å². The van der Waals surface area contributed by atoms with Crippen LogP contribution in [0.2, 0.25) is 0 Å². The average molecular weight is 377 g/mol. The van der Waals surface area contributed by atoms with E-state index in [9.17, 15) is 4.79 Å². The molecule has 0 saturated carbocycles. The molecular weight excluding hydrogens is 356 g/mol. The standard InChI is InChI=1S/C17H20N4O2S2/c1-20(17(22)23)6-7-21-8-10-25-15-11-12(4-5-13(15)21)19-16(18)14-3-2-9-24-14/h2-5,9,11H,6-8,10H2,1H3,(H2,18,19)(H,22,23). The lowest BCUT2D eigenvalue weighted by Gasteiger charge is -2.32. The zero-order valence-electron chi connectivity index (χ0n) is 13.9. The summed E-state index contributed by atoms with van der Waals surface area (Å²) < 4.78 is 0. The Hall–Kier alpha value is -2.19. The highest BCUT2D eigenvalue weighted by atomic mass is 32.2. The van der Waals surface area contributed by atoms with Gasteiger partial charge in [0.1, 0.15) is 5.84 Å². The summed E-state index contributed by atoms with van der Waals surface area (Å²) in [4.78, 5) is 21.1. The first kappa shape index (κ1) is 17.6. The fourth-order valence-electron chi connectivity index (χ4n) is 2.55. The summed E-state index contributed by atoms with van der Waals surface area (Å²) in [5.74, 6) is 1.49. The second-order valence-electron chi connectivity index (χ2n) is 5.67. The zero-order chi connectivity index (χ0) is 17.8. The predicted molar refractivity (Wildman–Crippen MR) is 105 cm³/mol. The van der Waals surface area contributed by atoms with E-state index in [0.29, 0.717) is 18.9 Å². The molecule has 2 aromatic rings. The van der Waals surface area contributed by atoms with Crippen LogP contribution in [0.4, 0.5) is 16.2 Å². The maximum Gasteiger partial charge on any atom is 0.407 e. The highest BCUT2D eigenvalue weighted by molar-refractivity contribution is 7.99. The molecule has 1 aromatic carbocycles. The summed E-state index contributed by atoms with van der Waals surface area (Å²) in [7, 11) is 1.59. The van der Waals surface area contributed by atoms with Gasteiger partial charge < -0.3 is 20.6 Å². The second kappa shape index (κ2) is 7.79. The average Bonchev–Trinajstić information content (AvgIpc) is 3.14. The first-order valence-corrected chi connectivity index (χ1v) is 9.75. The summed E-state index contributed by atoms with van der Waals surface area (Å²) in [5, 5.41) is 11.0. The number of anilines is 1. The lowest BCUT2D eigenvalue weighted by Crippen LogP contribution is -2.38. The second-order valence-corrected chi connectivity index (χ2v) is 7.75. The minimum atomic E-state index is -0.902. The third-order valence-corrected chi connectivity index (χ3v) is 5.87. The monoisotopic (exact) mass is 376 g/mol. The minimum Gasteiger partial charge on any atom is -0.465 e. The lowest BCUT2D eigenvalue weighted by molar-refractivity contribution is 0.157. The molecule has 6 nitrogen and oxygen atoms in total. The number of aliphatic imine (C=N–C) groups is 1. The largest absolute Gasteiger partial charge is 0.465 e. The molecule has 0 unspecified atom stereocenters. The maximum atomic E-state index is 10.9. The van der Waals surface area contributed by atoms with Crippen molar-refractivity contribution < 1.29 is 9.90 Å². The van der Waals surface area contributed by atoms with Gasteiger partial charge in [-0.1, -0.05) is 6.07 Å². The number of hydrogen-bond donors (Lipinski definition) is 2. The van der Waals surface area contributed by atoms with Crippen molar-refractivity contribution in [3.63, 3.8) is 0 Å². The van der Waals surface area contributed by atoms with Crippen molar-refractivity contribution in [2.24, 2.45) is 10.7 Å². The van der Waals surface area contributed by atoms with Gasteiger partial charge >= 0.3 is 6.09 Å². The van der Waals surface area contributed by atoms with Gasteiger partial charge in [-0.25, -0.2) is 9.79 Å². The molecule has 1 aliphatic rings. The van der Waals surface area contributed by atoms with Crippen molar-refractivity contribution >= 4 is 46.4 Å². The van der Waals surface area contributed by atoms with Crippen molar-refractivity contribution in [3.05, 3.63) is 40.6 Å². The van der Waals surface area contributed by atoms with Gasteiger partial charge in [-0.2, -0.15) is 0 Å². The van der Waals surface area contributed by atoms with Gasteiger partial charge in [0, 0.05) is 37.3 Å². The number of benzene rings is 1. The summed E-state index contributed by atoms with van der Waals surface area (Å²) in [6.07, 6.45) is -0.902. The Morgan fingerprint density at radius 1 is 1.44 bits per heavy atom. The van der Waals surface area contributed by atoms with Gasteiger partial charge in [-0.05, 0) is 29.6 Å². The van der Waals surface area contributed by atoms with Crippen LogP contribution in [-0.4, -0.2) is 54.4 Å². The maximum absolute atomic E-state index is 10.9. The Morgan fingerprint density at radius 3 is 3.00 bits per heavy atom. The number of amidine groups is 1. The molecule has 0 bridgehead atoms. The van der Waals surface area contributed by atoms with E-state index < -0.39 is 6.09 Å². The van der Waals surface area contributed by atoms with Crippen LogP contribution in [0.15, 0.2) is 45.6 Å². The molecule has 0 fully saturated rings. The number of amides is 1. The van der Waals surface area contributed by atoms with Gasteiger partial charge in [-0.3, -0.25) is 0 Å². The molecule has 1 aliphatic heterocycles. The zero-order valence-corrected chi connectivity index (χ0v) is 15.5. The van der Waals surface area contributed by atoms with Gasteiger partial charge in [0.2, 0.25) is 0 Å². The fourth-order valence-corrected chi connectivity index (χ4v) is 4.26. The molecule has 3 rings (SSSR count). The number of nitrogens with two attached hydrogens (primary N) is 1. The Morgan fingerprint density at radius 2 is 2.28 bits per heavy atom. The number of fused-ring (bicyclic) bond motifs is 1. The molecule has 25 heavy (non-hydrogen) atoms. The Bertz CT molecular complexity index is 777. The quantitative estimate of drug-likeness (QED) is 0.618. The molecule has 0 radical (unpaired) electrons. The summed E-state index contributed by atoms with van der Waals surface area (Å²) in [6.45, 7) is 2.06. The van der Waals surface area contributed by atoms with Gasteiger partial charge in [0.05, 0.1) is 16.3 Å². The molecule has 8 heteroatoms. The van der Waals surface area contributed by atoms with E-state index in [1.165, 1.54) is 4.90 Å². The molecule has 1 amide bonds. The molecule has 0 aliphatic carbocycles. The number of carboxylic acid groups (broad SMARTS) is 1. The van der Waals surface area contributed by atoms with Crippen LogP contribution in [0.25, 0.3) is 0 Å². The fraction of sp³-hybridized carbons (Fsp3) is 0.294. The van der Waals surface area contributed by atoms with Crippen LogP contribution >= 0.6 is 23.1 Å². The van der Waals surface area contributed by atoms with E-state index in [1.54, 1.807) is 30.1 Å². The van der Waals surface area contributed by atoms with Crippen LogP contribution in [-0.2, 0) is 0 Å².